The molecule has 1 fully saturated rings. The molecule has 1 saturated heterocycles. The van der Waals surface area contributed by atoms with Crippen molar-refractivity contribution in [2.75, 3.05) is 43.9 Å². The third-order valence-corrected chi connectivity index (χ3v) is 3.59. The van der Waals surface area contributed by atoms with E-state index in [1.165, 1.54) is 13.0 Å². The van der Waals surface area contributed by atoms with Crippen molar-refractivity contribution in [1.29, 1.82) is 0 Å². The van der Waals surface area contributed by atoms with Gasteiger partial charge in [-0.15, -0.1) is 0 Å². The lowest BCUT2D eigenvalue weighted by Gasteiger charge is -2.32. The molecule has 21 heavy (non-hydrogen) atoms. The van der Waals surface area contributed by atoms with E-state index in [4.69, 9.17) is 4.74 Å². The molecule has 0 amide bonds. The molecule has 0 atom stereocenters. The third-order valence-electron chi connectivity index (χ3n) is 3.59. The van der Waals surface area contributed by atoms with E-state index in [-0.39, 0.29) is 0 Å². The molecular formula is C14H26N6O. The SMILES string of the molecule is CCCN1CCC(Nc2nc(NCC)nc(OC)n2)CC1. The average Bonchev–Trinajstić information content (AvgIpc) is 2.49. The standard InChI is InChI=1S/C14H26N6O/c1-4-8-20-9-6-11(7-10-20)16-13-17-12(15-5-2)18-14(19-13)21-3/h11H,4-10H2,1-3H3,(H2,15,16,17,18,19). The van der Waals surface area contributed by atoms with Crippen LogP contribution in [0.15, 0.2) is 0 Å². The molecular weight excluding hydrogens is 268 g/mol. The van der Waals surface area contributed by atoms with Crippen molar-refractivity contribution in [3.8, 4) is 6.01 Å². The highest BCUT2D eigenvalue weighted by Gasteiger charge is 2.19. The van der Waals surface area contributed by atoms with Crippen LogP contribution >= 0.6 is 0 Å². The van der Waals surface area contributed by atoms with Gasteiger partial charge in [0.25, 0.3) is 0 Å². The molecule has 2 rings (SSSR count). The third kappa shape index (κ3) is 4.70. The number of piperidine rings is 1. The molecule has 0 spiro atoms. The molecule has 0 saturated carbocycles. The van der Waals surface area contributed by atoms with Crippen LogP contribution in [0.3, 0.4) is 0 Å². The lowest BCUT2D eigenvalue weighted by atomic mass is 10.1. The minimum absolute atomic E-state index is 0.340. The molecule has 0 unspecified atom stereocenters. The van der Waals surface area contributed by atoms with E-state index < -0.39 is 0 Å². The maximum Gasteiger partial charge on any atom is 0.322 e. The first-order valence-electron chi connectivity index (χ1n) is 7.78. The lowest BCUT2D eigenvalue weighted by Crippen LogP contribution is -2.39. The zero-order valence-electron chi connectivity index (χ0n) is 13.2. The second-order valence-electron chi connectivity index (χ2n) is 5.26. The van der Waals surface area contributed by atoms with Gasteiger partial charge in [-0.05, 0) is 32.7 Å². The van der Waals surface area contributed by atoms with Crippen LogP contribution in [-0.2, 0) is 0 Å². The van der Waals surface area contributed by atoms with Gasteiger partial charge >= 0.3 is 6.01 Å². The fourth-order valence-electron chi connectivity index (χ4n) is 2.55. The molecule has 1 aromatic rings. The number of anilines is 2. The van der Waals surface area contributed by atoms with E-state index in [0.29, 0.717) is 23.9 Å². The van der Waals surface area contributed by atoms with Gasteiger partial charge in [-0.3, -0.25) is 0 Å². The van der Waals surface area contributed by atoms with Crippen molar-refractivity contribution in [3.05, 3.63) is 0 Å². The molecule has 0 bridgehead atoms. The van der Waals surface area contributed by atoms with Gasteiger partial charge in [0, 0.05) is 25.7 Å². The second kappa shape index (κ2) is 7.97. The number of ether oxygens (including phenoxy) is 1. The van der Waals surface area contributed by atoms with Crippen LogP contribution < -0.4 is 15.4 Å². The van der Waals surface area contributed by atoms with Crippen LogP contribution in [0.1, 0.15) is 33.1 Å². The Morgan fingerprint density at radius 1 is 1.14 bits per heavy atom. The van der Waals surface area contributed by atoms with Crippen LogP contribution in [0.25, 0.3) is 0 Å². The fourth-order valence-corrected chi connectivity index (χ4v) is 2.55. The quantitative estimate of drug-likeness (QED) is 0.791. The monoisotopic (exact) mass is 294 g/mol. The first-order chi connectivity index (χ1) is 10.2. The first kappa shape index (κ1) is 15.8. The van der Waals surface area contributed by atoms with E-state index in [1.807, 2.05) is 6.92 Å². The Labute approximate surface area is 126 Å². The van der Waals surface area contributed by atoms with E-state index in [1.54, 1.807) is 7.11 Å². The molecule has 118 valence electrons. The summed E-state index contributed by atoms with van der Waals surface area (Å²) >= 11 is 0. The zero-order valence-corrected chi connectivity index (χ0v) is 13.2. The van der Waals surface area contributed by atoms with Crippen molar-refractivity contribution < 1.29 is 4.74 Å². The Kier molecular flexibility index (Phi) is 5.98. The Balaban J connectivity index is 1.94. The highest BCUT2D eigenvalue weighted by Crippen LogP contribution is 2.17. The minimum atomic E-state index is 0.340. The van der Waals surface area contributed by atoms with Gasteiger partial charge in [0.1, 0.15) is 0 Å². The maximum absolute atomic E-state index is 5.13. The summed E-state index contributed by atoms with van der Waals surface area (Å²) in [6, 6.07) is 0.756. The number of methoxy groups -OCH3 is 1. The molecule has 0 aromatic carbocycles. The highest BCUT2D eigenvalue weighted by atomic mass is 16.5. The molecule has 7 nitrogen and oxygen atoms in total. The Morgan fingerprint density at radius 2 is 1.86 bits per heavy atom. The minimum Gasteiger partial charge on any atom is -0.467 e. The van der Waals surface area contributed by atoms with Gasteiger partial charge in [0.05, 0.1) is 7.11 Å². The summed E-state index contributed by atoms with van der Waals surface area (Å²) in [6.07, 6.45) is 3.45. The van der Waals surface area contributed by atoms with E-state index in [2.05, 4.69) is 37.4 Å². The maximum atomic E-state index is 5.13. The fraction of sp³-hybridized carbons (Fsp3) is 0.786. The normalized spacial score (nSPS) is 16.7. The van der Waals surface area contributed by atoms with E-state index in [9.17, 15) is 0 Å². The van der Waals surface area contributed by atoms with Crippen LogP contribution in [0, 0.1) is 0 Å². The van der Waals surface area contributed by atoms with Gasteiger partial charge < -0.3 is 20.3 Å². The first-order valence-corrected chi connectivity index (χ1v) is 7.78. The molecule has 2 N–H and O–H groups in total. The number of hydrogen-bond donors (Lipinski definition) is 2. The van der Waals surface area contributed by atoms with Crippen molar-refractivity contribution in [2.45, 2.75) is 39.2 Å². The Bertz CT molecular complexity index is 433. The van der Waals surface area contributed by atoms with Crippen LogP contribution in [0.2, 0.25) is 0 Å². The predicted molar refractivity (Wildman–Crippen MR) is 83.9 cm³/mol. The molecule has 0 radical (unpaired) electrons. The summed E-state index contributed by atoms with van der Waals surface area (Å²) in [4.78, 5) is 15.3. The van der Waals surface area contributed by atoms with Crippen molar-refractivity contribution in [3.63, 3.8) is 0 Å². The molecule has 1 aliphatic rings. The van der Waals surface area contributed by atoms with E-state index in [0.717, 1.165) is 32.5 Å². The summed E-state index contributed by atoms with van der Waals surface area (Å²) in [5, 5.41) is 6.50. The highest BCUT2D eigenvalue weighted by molar-refractivity contribution is 5.36. The zero-order chi connectivity index (χ0) is 15.1. The Hall–Kier alpha value is -1.63. The van der Waals surface area contributed by atoms with Crippen LogP contribution in [0.5, 0.6) is 6.01 Å². The van der Waals surface area contributed by atoms with Gasteiger partial charge in [-0.25, -0.2) is 0 Å². The smallest absolute Gasteiger partial charge is 0.322 e. The second-order valence-corrected chi connectivity index (χ2v) is 5.26. The predicted octanol–water partition coefficient (Wildman–Crippen LogP) is 1.60. The molecule has 0 aliphatic carbocycles. The topological polar surface area (TPSA) is 75.2 Å². The molecule has 2 heterocycles. The average molecular weight is 294 g/mol. The number of nitrogens with one attached hydrogen (secondary N) is 2. The number of rotatable bonds is 7. The molecule has 1 aliphatic heterocycles. The number of likely N-dealkylation sites (tertiary alicyclic amines) is 1. The van der Waals surface area contributed by atoms with Gasteiger partial charge in [0.15, 0.2) is 0 Å². The molecule has 7 heteroatoms. The lowest BCUT2D eigenvalue weighted by molar-refractivity contribution is 0.219. The van der Waals surface area contributed by atoms with Gasteiger partial charge in [0.2, 0.25) is 11.9 Å². The van der Waals surface area contributed by atoms with Crippen molar-refractivity contribution >= 4 is 11.9 Å². The number of hydrogen-bond acceptors (Lipinski definition) is 7. The Morgan fingerprint density at radius 3 is 2.48 bits per heavy atom. The summed E-state index contributed by atoms with van der Waals surface area (Å²) in [6.45, 7) is 8.46. The summed E-state index contributed by atoms with van der Waals surface area (Å²) in [7, 11) is 1.57. The number of nitrogens with zero attached hydrogens (tertiary/aromatic N) is 4. The van der Waals surface area contributed by atoms with Crippen LogP contribution in [0.4, 0.5) is 11.9 Å². The largest absolute Gasteiger partial charge is 0.467 e. The summed E-state index contributed by atoms with van der Waals surface area (Å²) < 4.78 is 5.13. The van der Waals surface area contributed by atoms with E-state index >= 15 is 0 Å². The van der Waals surface area contributed by atoms with Crippen molar-refractivity contribution in [2.24, 2.45) is 0 Å². The number of aromatic nitrogens is 3. The van der Waals surface area contributed by atoms with Crippen LogP contribution in [-0.4, -0.2) is 59.2 Å². The van der Waals surface area contributed by atoms with Gasteiger partial charge in [-0.2, -0.15) is 15.0 Å². The summed E-state index contributed by atoms with van der Waals surface area (Å²) in [5.41, 5.74) is 0. The molecule has 1 aromatic heterocycles. The summed E-state index contributed by atoms with van der Waals surface area (Å²) in [5.74, 6) is 1.14. The van der Waals surface area contributed by atoms with Crippen molar-refractivity contribution in [1.82, 2.24) is 19.9 Å². The van der Waals surface area contributed by atoms with Gasteiger partial charge in [-0.1, -0.05) is 6.92 Å².